The van der Waals surface area contributed by atoms with E-state index in [1.165, 1.54) is 48.9 Å². The van der Waals surface area contributed by atoms with Crippen LogP contribution < -0.4 is 0 Å². The lowest BCUT2D eigenvalue weighted by atomic mass is 9.64. The number of hydrogen-bond donors (Lipinski definition) is 1. The summed E-state index contributed by atoms with van der Waals surface area (Å²) in [7, 11) is 0. The second-order valence-corrected chi connectivity index (χ2v) is 9.30. The number of aromatic nitrogens is 1. The lowest BCUT2D eigenvalue weighted by molar-refractivity contribution is -0.0480. The van der Waals surface area contributed by atoms with Gasteiger partial charge in [-0.3, -0.25) is 9.88 Å². The lowest BCUT2D eigenvalue weighted by Crippen LogP contribution is -2.54. The molecule has 2 aliphatic rings. The first-order chi connectivity index (χ1) is 13.5. The van der Waals surface area contributed by atoms with Crippen LogP contribution in [-0.4, -0.2) is 58.7 Å². The number of benzene rings is 1. The molecule has 0 bridgehead atoms. The molecule has 2 fully saturated rings. The van der Waals surface area contributed by atoms with Crippen molar-refractivity contribution in [3.8, 4) is 0 Å². The minimum atomic E-state index is 0.314. The van der Waals surface area contributed by atoms with Crippen molar-refractivity contribution >= 4 is 10.9 Å². The number of aryl methyl sites for hydroxylation is 1. The zero-order chi connectivity index (χ0) is 19.7. The standard InChI is InChI=1S/C24H35N3O/c1-18(2)27-13-9-24(10-14-27)8-12-26(16-21(24)17-28)15-20-7-6-19(3)23-22(20)5-4-11-25-23/h4-7,11,18,21,28H,8-10,12-17H2,1-3H3. The molecule has 4 rings (SSSR count). The SMILES string of the molecule is Cc1ccc(CN2CCC3(CCN(C(C)C)CC3)C(CO)C2)c2cccnc12. The van der Waals surface area contributed by atoms with Crippen LogP contribution in [0, 0.1) is 18.3 Å². The van der Waals surface area contributed by atoms with Crippen LogP contribution >= 0.6 is 0 Å². The molecule has 0 amide bonds. The van der Waals surface area contributed by atoms with Gasteiger partial charge in [0.1, 0.15) is 0 Å². The van der Waals surface area contributed by atoms with E-state index < -0.39 is 0 Å². The quantitative estimate of drug-likeness (QED) is 0.873. The van der Waals surface area contributed by atoms with Gasteiger partial charge >= 0.3 is 0 Å². The van der Waals surface area contributed by atoms with Crippen LogP contribution in [0.4, 0.5) is 0 Å². The van der Waals surface area contributed by atoms with E-state index in [9.17, 15) is 5.11 Å². The van der Waals surface area contributed by atoms with Gasteiger partial charge < -0.3 is 10.0 Å². The molecule has 2 aromatic rings. The normalized spacial score (nSPS) is 23.7. The third-order valence-electron chi connectivity index (χ3n) is 7.47. The number of fused-ring (bicyclic) bond motifs is 1. The van der Waals surface area contributed by atoms with Crippen molar-refractivity contribution in [3.05, 3.63) is 41.6 Å². The molecule has 2 saturated heterocycles. The number of pyridine rings is 1. The summed E-state index contributed by atoms with van der Waals surface area (Å²) in [6, 6.07) is 9.32. The van der Waals surface area contributed by atoms with Gasteiger partial charge in [0, 0.05) is 43.2 Å². The average molecular weight is 382 g/mol. The minimum Gasteiger partial charge on any atom is -0.396 e. The van der Waals surface area contributed by atoms with E-state index >= 15 is 0 Å². The highest BCUT2D eigenvalue weighted by atomic mass is 16.3. The minimum absolute atomic E-state index is 0.314. The van der Waals surface area contributed by atoms with Crippen molar-refractivity contribution in [2.45, 2.75) is 52.6 Å². The first kappa shape index (κ1) is 19.8. The highest BCUT2D eigenvalue weighted by molar-refractivity contribution is 5.84. The van der Waals surface area contributed by atoms with Crippen molar-refractivity contribution in [1.29, 1.82) is 0 Å². The first-order valence-corrected chi connectivity index (χ1v) is 10.9. The molecule has 1 N–H and O–H groups in total. The van der Waals surface area contributed by atoms with Gasteiger partial charge in [-0.2, -0.15) is 0 Å². The monoisotopic (exact) mass is 381 g/mol. The molecule has 28 heavy (non-hydrogen) atoms. The summed E-state index contributed by atoms with van der Waals surface area (Å²) in [5, 5.41) is 11.5. The molecule has 3 heterocycles. The van der Waals surface area contributed by atoms with Gasteiger partial charge in [-0.25, -0.2) is 0 Å². The van der Waals surface area contributed by atoms with Crippen molar-refractivity contribution in [2.75, 3.05) is 32.8 Å². The molecule has 0 saturated carbocycles. The number of rotatable bonds is 4. The number of piperidine rings is 2. The molecule has 1 aromatic heterocycles. The van der Waals surface area contributed by atoms with Crippen LogP contribution in [0.2, 0.25) is 0 Å². The summed E-state index contributed by atoms with van der Waals surface area (Å²) in [4.78, 5) is 9.74. The van der Waals surface area contributed by atoms with Crippen LogP contribution in [0.3, 0.4) is 0 Å². The molecular weight excluding hydrogens is 346 g/mol. The molecule has 0 radical (unpaired) electrons. The molecular formula is C24H35N3O. The maximum absolute atomic E-state index is 10.2. The van der Waals surface area contributed by atoms with Crippen molar-refractivity contribution in [2.24, 2.45) is 11.3 Å². The molecule has 4 nitrogen and oxygen atoms in total. The predicted molar refractivity (Wildman–Crippen MR) is 115 cm³/mol. The Bertz CT molecular complexity index is 811. The Kier molecular flexibility index (Phi) is 5.73. The van der Waals surface area contributed by atoms with Crippen molar-refractivity contribution in [3.63, 3.8) is 0 Å². The van der Waals surface area contributed by atoms with E-state index in [2.05, 4.69) is 53.8 Å². The fraction of sp³-hybridized carbons (Fsp3) is 0.625. The van der Waals surface area contributed by atoms with E-state index in [0.29, 0.717) is 24.0 Å². The van der Waals surface area contributed by atoms with Gasteiger partial charge in [0.15, 0.2) is 0 Å². The molecule has 1 spiro atoms. The van der Waals surface area contributed by atoms with Gasteiger partial charge in [-0.05, 0) is 82.3 Å². The summed E-state index contributed by atoms with van der Waals surface area (Å²) < 4.78 is 0. The second-order valence-electron chi connectivity index (χ2n) is 9.30. The van der Waals surface area contributed by atoms with Crippen LogP contribution in [-0.2, 0) is 6.54 Å². The van der Waals surface area contributed by atoms with E-state index in [1.54, 1.807) is 0 Å². The van der Waals surface area contributed by atoms with Crippen LogP contribution in [0.25, 0.3) is 10.9 Å². The second kappa shape index (κ2) is 8.10. The molecule has 1 atom stereocenters. The number of aliphatic hydroxyl groups is 1. The van der Waals surface area contributed by atoms with E-state index in [1.807, 2.05) is 12.3 Å². The molecule has 152 valence electrons. The van der Waals surface area contributed by atoms with Gasteiger partial charge in [0.2, 0.25) is 0 Å². The fourth-order valence-corrected chi connectivity index (χ4v) is 5.47. The largest absolute Gasteiger partial charge is 0.396 e. The molecule has 2 aliphatic heterocycles. The molecule has 0 aliphatic carbocycles. The summed E-state index contributed by atoms with van der Waals surface area (Å²) >= 11 is 0. The average Bonchev–Trinajstić information content (AvgIpc) is 2.72. The summed E-state index contributed by atoms with van der Waals surface area (Å²) in [5.41, 5.74) is 4.05. The highest BCUT2D eigenvalue weighted by Crippen LogP contribution is 2.45. The molecule has 4 heteroatoms. The van der Waals surface area contributed by atoms with E-state index in [-0.39, 0.29) is 0 Å². The van der Waals surface area contributed by atoms with Gasteiger partial charge in [-0.15, -0.1) is 0 Å². The molecule has 1 aromatic carbocycles. The number of aliphatic hydroxyl groups excluding tert-OH is 1. The van der Waals surface area contributed by atoms with Crippen LogP contribution in [0.15, 0.2) is 30.5 Å². The van der Waals surface area contributed by atoms with E-state index in [4.69, 9.17) is 0 Å². The Morgan fingerprint density at radius 2 is 1.89 bits per heavy atom. The number of likely N-dealkylation sites (tertiary alicyclic amines) is 2. The maximum Gasteiger partial charge on any atom is 0.0734 e. The van der Waals surface area contributed by atoms with Crippen molar-refractivity contribution in [1.82, 2.24) is 14.8 Å². The van der Waals surface area contributed by atoms with Gasteiger partial charge in [-0.1, -0.05) is 18.2 Å². The Labute approximate surface area is 169 Å². The highest BCUT2D eigenvalue weighted by Gasteiger charge is 2.44. The van der Waals surface area contributed by atoms with Crippen molar-refractivity contribution < 1.29 is 5.11 Å². The van der Waals surface area contributed by atoms with E-state index in [0.717, 1.165) is 25.2 Å². The van der Waals surface area contributed by atoms with Gasteiger partial charge in [0.05, 0.1) is 5.52 Å². The van der Waals surface area contributed by atoms with Gasteiger partial charge in [0.25, 0.3) is 0 Å². The Morgan fingerprint density at radius 1 is 1.14 bits per heavy atom. The smallest absolute Gasteiger partial charge is 0.0734 e. The Balaban J connectivity index is 1.48. The zero-order valence-electron chi connectivity index (χ0n) is 17.7. The number of hydrogen-bond acceptors (Lipinski definition) is 4. The van der Waals surface area contributed by atoms with Crippen LogP contribution in [0.1, 0.15) is 44.2 Å². The third kappa shape index (κ3) is 3.70. The number of nitrogens with zero attached hydrogens (tertiary/aromatic N) is 3. The lowest BCUT2D eigenvalue weighted by Gasteiger charge is -2.52. The zero-order valence-corrected chi connectivity index (χ0v) is 17.7. The first-order valence-electron chi connectivity index (χ1n) is 10.9. The Hall–Kier alpha value is -1.49. The predicted octanol–water partition coefficient (Wildman–Crippen LogP) is 3.85. The maximum atomic E-state index is 10.2. The molecule has 1 unspecified atom stereocenters. The fourth-order valence-electron chi connectivity index (χ4n) is 5.47. The summed E-state index contributed by atoms with van der Waals surface area (Å²) in [6.07, 6.45) is 5.57. The Morgan fingerprint density at radius 3 is 2.61 bits per heavy atom. The summed E-state index contributed by atoms with van der Waals surface area (Å²) in [5.74, 6) is 0.394. The third-order valence-corrected chi connectivity index (χ3v) is 7.47. The summed E-state index contributed by atoms with van der Waals surface area (Å²) in [6.45, 7) is 12.5. The topological polar surface area (TPSA) is 39.6 Å². The van der Waals surface area contributed by atoms with Crippen LogP contribution in [0.5, 0.6) is 0 Å².